The van der Waals surface area contributed by atoms with Crippen LogP contribution in [0.2, 0.25) is 0 Å². The monoisotopic (exact) mass is 254 g/mol. The fourth-order valence-corrected chi connectivity index (χ4v) is 2.84. The Labute approximate surface area is 103 Å². The zero-order chi connectivity index (χ0) is 11.5. The van der Waals surface area contributed by atoms with Crippen LogP contribution < -0.4 is 5.32 Å². The van der Waals surface area contributed by atoms with Crippen molar-refractivity contribution in [2.45, 2.75) is 20.0 Å². The number of hydrogen-bond donors (Lipinski definition) is 2. The van der Waals surface area contributed by atoms with Crippen molar-refractivity contribution in [2.24, 2.45) is 0 Å². The number of aliphatic hydroxyl groups is 1. The van der Waals surface area contributed by atoms with Crippen LogP contribution in [0.15, 0.2) is 16.8 Å². The molecule has 16 heavy (non-hydrogen) atoms. The van der Waals surface area contributed by atoms with Crippen LogP contribution in [-0.2, 0) is 0 Å². The molecule has 1 unspecified atom stereocenters. The first-order chi connectivity index (χ1) is 7.66. The van der Waals surface area contributed by atoms with Crippen molar-refractivity contribution < 1.29 is 5.11 Å². The number of hydrogen-bond acceptors (Lipinski definition) is 5. The molecule has 2 rings (SSSR count). The summed E-state index contributed by atoms with van der Waals surface area (Å²) in [7, 11) is 0. The number of aromatic nitrogens is 1. The van der Waals surface area contributed by atoms with Crippen molar-refractivity contribution in [3.63, 3.8) is 0 Å². The molecule has 5 heteroatoms. The van der Waals surface area contributed by atoms with E-state index in [4.69, 9.17) is 0 Å². The molecule has 86 valence electrons. The molecule has 3 nitrogen and oxygen atoms in total. The van der Waals surface area contributed by atoms with Gasteiger partial charge in [-0.2, -0.15) is 11.3 Å². The molecule has 0 aromatic carbocycles. The molecule has 0 aliphatic heterocycles. The van der Waals surface area contributed by atoms with E-state index in [1.807, 2.05) is 30.7 Å². The van der Waals surface area contributed by atoms with E-state index in [1.54, 1.807) is 22.7 Å². The summed E-state index contributed by atoms with van der Waals surface area (Å²) < 4.78 is 0. The molecule has 0 saturated heterocycles. The van der Waals surface area contributed by atoms with Gasteiger partial charge in [-0.15, -0.1) is 11.3 Å². The number of anilines is 1. The highest BCUT2D eigenvalue weighted by molar-refractivity contribution is 7.15. The molecule has 1 atom stereocenters. The van der Waals surface area contributed by atoms with Crippen molar-refractivity contribution in [3.8, 4) is 0 Å². The normalized spacial score (nSPS) is 12.7. The lowest BCUT2D eigenvalue weighted by molar-refractivity contribution is 0.192. The van der Waals surface area contributed by atoms with Crippen LogP contribution in [0.5, 0.6) is 0 Å². The third kappa shape index (κ3) is 2.61. The number of thiazole rings is 1. The average molecular weight is 254 g/mol. The molecule has 0 saturated carbocycles. The first-order valence-electron chi connectivity index (χ1n) is 5.05. The number of nitrogens with one attached hydrogen (secondary N) is 1. The van der Waals surface area contributed by atoms with Gasteiger partial charge in [0.1, 0.15) is 0 Å². The van der Waals surface area contributed by atoms with Gasteiger partial charge >= 0.3 is 0 Å². The fraction of sp³-hybridized carbons (Fsp3) is 0.364. The SMILES string of the molecule is Cc1nc(NCC(O)c2ccsc2)sc1C. The maximum absolute atomic E-state index is 9.87. The first-order valence-corrected chi connectivity index (χ1v) is 6.81. The molecular formula is C11H14N2OS2. The summed E-state index contributed by atoms with van der Waals surface area (Å²) in [4.78, 5) is 5.58. The summed E-state index contributed by atoms with van der Waals surface area (Å²) in [5.41, 5.74) is 2.01. The molecule has 0 radical (unpaired) electrons. The van der Waals surface area contributed by atoms with Crippen molar-refractivity contribution in [1.82, 2.24) is 4.98 Å². The van der Waals surface area contributed by atoms with Gasteiger partial charge in [0, 0.05) is 11.4 Å². The Bertz CT molecular complexity index is 431. The smallest absolute Gasteiger partial charge is 0.183 e. The predicted molar refractivity (Wildman–Crippen MR) is 69.4 cm³/mol. The molecule has 0 aliphatic rings. The Morgan fingerprint density at radius 3 is 2.88 bits per heavy atom. The van der Waals surface area contributed by atoms with E-state index < -0.39 is 6.10 Å². The number of nitrogens with zero attached hydrogens (tertiary/aromatic N) is 1. The Kier molecular flexibility index (Phi) is 3.58. The predicted octanol–water partition coefficient (Wildman–Crippen LogP) is 2.97. The highest BCUT2D eigenvalue weighted by atomic mass is 32.1. The number of aliphatic hydroxyl groups excluding tert-OH is 1. The van der Waals surface area contributed by atoms with Crippen LogP contribution >= 0.6 is 22.7 Å². The maximum Gasteiger partial charge on any atom is 0.183 e. The van der Waals surface area contributed by atoms with E-state index in [9.17, 15) is 5.11 Å². The zero-order valence-corrected chi connectivity index (χ0v) is 10.9. The third-order valence-corrected chi connectivity index (χ3v) is 4.14. The minimum absolute atomic E-state index is 0.462. The van der Waals surface area contributed by atoms with Crippen LogP contribution in [0.25, 0.3) is 0 Å². The highest BCUT2D eigenvalue weighted by Crippen LogP contribution is 2.22. The topological polar surface area (TPSA) is 45.2 Å². The number of rotatable bonds is 4. The summed E-state index contributed by atoms with van der Waals surface area (Å²) in [5, 5.41) is 17.8. The van der Waals surface area contributed by atoms with Gasteiger partial charge in [0.05, 0.1) is 11.8 Å². The number of aryl methyl sites for hydroxylation is 2. The second-order valence-corrected chi connectivity index (χ2v) is 5.60. The third-order valence-electron chi connectivity index (χ3n) is 2.40. The molecule has 0 bridgehead atoms. The van der Waals surface area contributed by atoms with Crippen LogP contribution in [0.4, 0.5) is 5.13 Å². The van der Waals surface area contributed by atoms with Gasteiger partial charge < -0.3 is 10.4 Å². The molecule has 0 spiro atoms. The molecule has 0 fully saturated rings. The highest BCUT2D eigenvalue weighted by Gasteiger charge is 2.09. The van der Waals surface area contributed by atoms with Gasteiger partial charge in [-0.1, -0.05) is 0 Å². The van der Waals surface area contributed by atoms with Gasteiger partial charge in [0.15, 0.2) is 5.13 Å². The lowest BCUT2D eigenvalue weighted by Gasteiger charge is -2.08. The Morgan fingerprint density at radius 1 is 1.50 bits per heavy atom. The second-order valence-electron chi connectivity index (χ2n) is 3.61. The van der Waals surface area contributed by atoms with E-state index in [0.717, 1.165) is 16.4 Å². The van der Waals surface area contributed by atoms with Crippen molar-refractivity contribution in [2.75, 3.05) is 11.9 Å². The van der Waals surface area contributed by atoms with E-state index in [2.05, 4.69) is 10.3 Å². The molecule has 2 heterocycles. The molecule has 0 aliphatic carbocycles. The Morgan fingerprint density at radius 2 is 2.31 bits per heavy atom. The summed E-state index contributed by atoms with van der Waals surface area (Å²) in [6.07, 6.45) is -0.462. The minimum Gasteiger partial charge on any atom is -0.387 e. The summed E-state index contributed by atoms with van der Waals surface area (Å²) in [6.45, 7) is 4.54. The summed E-state index contributed by atoms with van der Waals surface area (Å²) in [5.74, 6) is 0. The first kappa shape index (κ1) is 11.6. The molecule has 2 N–H and O–H groups in total. The molecular weight excluding hydrogens is 240 g/mol. The average Bonchev–Trinajstić information content (AvgIpc) is 2.86. The standard InChI is InChI=1S/C11H14N2OS2/c1-7-8(2)16-11(13-7)12-5-10(14)9-3-4-15-6-9/h3-4,6,10,14H,5H2,1-2H3,(H,12,13). The van der Waals surface area contributed by atoms with Crippen molar-refractivity contribution >= 4 is 27.8 Å². The quantitative estimate of drug-likeness (QED) is 0.881. The van der Waals surface area contributed by atoms with Gasteiger partial charge in [-0.05, 0) is 36.2 Å². The zero-order valence-electron chi connectivity index (χ0n) is 9.23. The fourth-order valence-electron chi connectivity index (χ4n) is 1.31. The summed E-state index contributed by atoms with van der Waals surface area (Å²) >= 11 is 3.22. The lowest BCUT2D eigenvalue weighted by atomic mass is 10.2. The van der Waals surface area contributed by atoms with Gasteiger partial charge in [-0.3, -0.25) is 0 Å². The lowest BCUT2D eigenvalue weighted by Crippen LogP contribution is -2.11. The van der Waals surface area contributed by atoms with Crippen LogP contribution in [0, 0.1) is 13.8 Å². The van der Waals surface area contributed by atoms with E-state index in [-0.39, 0.29) is 0 Å². The van der Waals surface area contributed by atoms with E-state index in [1.165, 1.54) is 4.88 Å². The summed E-state index contributed by atoms with van der Waals surface area (Å²) in [6, 6.07) is 1.94. The maximum atomic E-state index is 9.87. The number of thiophene rings is 1. The molecule has 2 aromatic rings. The Balaban J connectivity index is 1.92. The van der Waals surface area contributed by atoms with Gasteiger partial charge in [0.25, 0.3) is 0 Å². The van der Waals surface area contributed by atoms with Crippen molar-refractivity contribution in [1.29, 1.82) is 0 Å². The van der Waals surface area contributed by atoms with Gasteiger partial charge in [-0.25, -0.2) is 4.98 Å². The van der Waals surface area contributed by atoms with Crippen molar-refractivity contribution in [3.05, 3.63) is 33.0 Å². The largest absolute Gasteiger partial charge is 0.387 e. The van der Waals surface area contributed by atoms with Gasteiger partial charge in [0.2, 0.25) is 0 Å². The second kappa shape index (κ2) is 4.95. The van der Waals surface area contributed by atoms with Crippen LogP contribution in [0.1, 0.15) is 22.2 Å². The van der Waals surface area contributed by atoms with Crippen LogP contribution in [0.3, 0.4) is 0 Å². The van der Waals surface area contributed by atoms with E-state index in [0.29, 0.717) is 6.54 Å². The van der Waals surface area contributed by atoms with E-state index >= 15 is 0 Å². The minimum atomic E-state index is -0.462. The Hall–Kier alpha value is -0.910. The molecule has 0 amide bonds. The van der Waals surface area contributed by atoms with Crippen LogP contribution in [-0.4, -0.2) is 16.6 Å². The molecule has 2 aromatic heterocycles.